The van der Waals surface area contributed by atoms with Gasteiger partial charge in [-0.3, -0.25) is 9.59 Å². The Labute approximate surface area is 117 Å². The van der Waals surface area contributed by atoms with E-state index in [4.69, 9.17) is 17.3 Å². The minimum absolute atomic E-state index is 0.0372. The van der Waals surface area contributed by atoms with Crippen molar-refractivity contribution in [2.24, 2.45) is 5.92 Å². The van der Waals surface area contributed by atoms with E-state index in [1.54, 1.807) is 12.1 Å². The molecule has 0 aliphatic rings. The van der Waals surface area contributed by atoms with Crippen LogP contribution in [0.3, 0.4) is 0 Å². The van der Waals surface area contributed by atoms with Crippen LogP contribution in [0.15, 0.2) is 18.2 Å². The van der Waals surface area contributed by atoms with Crippen molar-refractivity contribution in [1.82, 2.24) is 10.6 Å². The maximum absolute atomic E-state index is 11.8. The number of benzene rings is 1. The molecule has 0 aliphatic heterocycles. The highest BCUT2D eigenvalue weighted by molar-refractivity contribution is 6.33. The Balaban J connectivity index is 2.39. The molecule has 0 aromatic heterocycles. The number of nitrogen functional groups attached to an aromatic ring is 1. The Morgan fingerprint density at radius 2 is 1.89 bits per heavy atom. The molecule has 0 atom stereocenters. The van der Waals surface area contributed by atoms with Gasteiger partial charge >= 0.3 is 0 Å². The monoisotopic (exact) mass is 283 g/mol. The van der Waals surface area contributed by atoms with Gasteiger partial charge in [-0.1, -0.05) is 25.4 Å². The predicted octanol–water partition coefficient (Wildman–Crippen LogP) is 1.42. The number of hydrogen-bond acceptors (Lipinski definition) is 3. The number of anilines is 1. The molecule has 6 heteroatoms. The van der Waals surface area contributed by atoms with Crippen LogP contribution in [0.4, 0.5) is 5.69 Å². The zero-order chi connectivity index (χ0) is 14.4. The highest BCUT2D eigenvalue weighted by Gasteiger charge is 2.08. The summed E-state index contributed by atoms with van der Waals surface area (Å²) >= 11 is 5.83. The Morgan fingerprint density at radius 1 is 1.26 bits per heavy atom. The summed E-state index contributed by atoms with van der Waals surface area (Å²) < 4.78 is 0. The van der Waals surface area contributed by atoms with E-state index in [1.807, 2.05) is 13.8 Å². The van der Waals surface area contributed by atoms with Gasteiger partial charge in [-0.15, -0.1) is 0 Å². The maximum atomic E-state index is 11.8. The zero-order valence-corrected chi connectivity index (χ0v) is 11.8. The van der Waals surface area contributed by atoms with Crippen molar-refractivity contribution in [1.29, 1.82) is 0 Å². The van der Waals surface area contributed by atoms with Gasteiger partial charge in [0.1, 0.15) is 0 Å². The van der Waals surface area contributed by atoms with Crippen LogP contribution in [0.5, 0.6) is 0 Å². The van der Waals surface area contributed by atoms with Crippen molar-refractivity contribution in [2.45, 2.75) is 13.8 Å². The quantitative estimate of drug-likeness (QED) is 0.564. The Hall–Kier alpha value is -1.75. The molecule has 0 fully saturated rings. The molecule has 5 nitrogen and oxygen atoms in total. The minimum Gasteiger partial charge on any atom is -0.398 e. The van der Waals surface area contributed by atoms with Gasteiger partial charge in [0, 0.05) is 24.6 Å². The largest absolute Gasteiger partial charge is 0.398 e. The van der Waals surface area contributed by atoms with Gasteiger partial charge in [-0.2, -0.15) is 0 Å². The van der Waals surface area contributed by atoms with Gasteiger partial charge < -0.3 is 16.4 Å². The lowest BCUT2D eigenvalue weighted by molar-refractivity contribution is -0.123. The molecular formula is C13H18ClN3O2. The fraction of sp³-hybridized carbons (Fsp3) is 0.385. The van der Waals surface area contributed by atoms with Gasteiger partial charge in [0.2, 0.25) is 5.91 Å². The molecule has 0 radical (unpaired) electrons. The molecular weight excluding hydrogens is 266 g/mol. The Kier molecular flexibility index (Phi) is 5.63. The summed E-state index contributed by atoms with van der Waals surface area (Å²) in [5, 5.41) is 5.74. The first-order valence-corrected chi connectivity index (χ1v) is 6.40. The van der Waals surface area contributed by atoms with Crippen molar-refractivity contribution in [2.75, 3.05) is 18.8 Å². The van der Waals surface area contributed by atoms with Gasteiger partial charge in [0.25, 0.3) is 5.91 Å². The molecule has 1 aromatic rings. The molecule has 0 aliphatic carbocycles. The van der Waals surface area contributed by atoms with E-state index in [2.05, 4.69) is 10.6 Å². The smallest absolute Gasteiger partial charge is 0.251 e. The van der Waals surface area contributed by atoms with Crippen LogP contribution in [0.1, 0.15) is 24.2 Å². The topological polar surface area (TPSA) is 84.2 Å². The standard InChI is InChI=1S/C13H18ClN3O2/c1-8(2)12(18)16-5-6-17-13(19)9-3-4-11(15)10(14)7-9/h3-4,7-8H,5-6,15H2,1-2H3,(H,16,18)(H,17,19). The van der Waals surface area contributed by atoms with Gasteiger partial charge in [0.15, 0.2) is 0 Å². The third-order valence-corrected chi connectivity index (χ3v) is 2.82. The van der Waals surface area contributed by atoms with Gasteiger partial charge in [-0.05, 0) is 18.2 Å². The van der Waals surface area contributed by atoms with Crippen molar-refractivity contribution in [3.05, 3.63) is 28.8 Å². The van der Waals surface area contributed by atoms with E-state index in [0.29, 0.717) is 29.4 Å². The van der Waals surface area contributed by atoms with Gasteiger partial charge in [0.05, 0.1) is 10.7 Å². The second-order valence-corrected chi connectivity index (χ2v) is 4.85. The van der Waals surface area contributed by atoms with Crippen molar-refractivity contribution in [3.8, 4) is 0 Å². The molecule has 0 bridgehead atoms. The van der Waals surface area contributed by atoms with E-state index < -0.39 is 0 Å². The van der Waals surface area contributed by atoms with E-state index in [1.165, 1.54) is 6.07 Å². The van der Waals surface area contributed by atoms with Crippen LogP contribution in [-0.4, -0.2) is 24.9 Å². The average Bonchev–Trinajstić information content (AvgIpc) is 2.37. The third-order valence-electron chi connectivity index (χ3n) is 2.50. The Morgan fingerprint density at radius 3 is 2.47 bits per heavy atom. The minimum atomic E-state index is -0.249. The first kappa shape index (κ1) is 15.3. The number of carbonyl (C=O) groups is 2. The second-order valence-electron chi connectivity index (χ2n) is 4.44. The lowest BCUT2D eigenvalue weighted by Gasteiger charge is -2.09. The number of nitrogens with one attached hydrogen (secondary N) is 2. The molecule has 0 saturated carbocycles. The molecule has 4 N–H and O–H groups in total. The van der Waals surface area contributed by atoms with Crippen LogP contribution in [0.2, 0.25) is 5.02 Å². The second kappa shape index (κ2) is 6.99. The number of amides is 2. The average molecular weight is 284 g/mol. The van der Waals surface area contributed by atoms with Crippen LogP contribution in [0.25, 0.3) is 0 Å². The summed E-state index contributed by atoms with van der Waals surface area (Å²) in [7, 11) is 0. The van der Waals surface area contributed by atoms with Crippen LogP contribution >= 0.6 is 11.6 Å². The third kappa shape index (κ3) is 4.79. The maximum Gasteiger partial charge on any atom is 0.251 e. The summed E-state index contributed by atoms with van der Waals surface area (Å²) in [6.45, 7) is 4.37. The fourth-order valence-electron chi connectivity index (χ4n) is 1.34. The summed E-state index contributed by atoms with van der Waals surface area (Å²) in [5.74, 6) is -0.350. The number of carbonyl (C=O) groups excluding carboxylic acids is 2. The zero-order valence-electron chi connectivity index (χ0n) is 11.0. The van der Waals surface area contributed by atoms with E-state index in [9.17, 15) is 9.59 Å². The molecule has 1 rings (SSSR count). The van der Waals surface area contributed by atoms with E-state index in [-0.39, 0.29) is 17.7 Å². The highest BCUT2D eigenvalue weighted by Crippen LogP contribution is 2.19. The normalized spacial score (nSPS) is 10.3. The van der Waals surface area contributed by atoms with Crippen molar-refractivity contribution >= 4 is 29.1 Å². The van der Waals surface area contributed by atoms with Crippen LogP contribution in [-0.2, 0) is 4.79 Å². The molecule has 19 heavy (non-hydrogen) atoms. The molecule has 1 aromatic carbocycles. The lowest BCUT2D eigenvalue weighted by Crippen LogP contribution is -2.36. The molecule has 0 saturated heterocycles. The first-order valence-electron chi connectivity index (χ1n) is 6.02. The molecule has 0 spiro atoms. The molecule has 0 heterocycles. The van der Waals surface area contributed by atoms with Crippen LogP contribution in [0, 0.1) is 5.92 Å². The van der Waals surface area contributed by atoms with E-state index in [0.717, 1.165) is 0 Å². The SMILES string of the molecule is CC(C)C(=O)NCCNC(=O)c1ccc(N)c(Cl)c1. The van der Waals surface area contributed by atoms with Crippen molar-refractivity contribution < 1.29 is 9.59 Å². The lowest BCUT2D eigenvalue weighted by atomic mass is 10.2. The Bertz CT molecular complexity index is 475. The van der Waals surface area contributed by atoms with Crippen molar-refractivity contribution in [3.63, 3.8) is 0 Å². The fourth-order valence-corrected chi connectivity index (χ4v) is 1.52. The number of rotatable bonds is 5. The van der Waals surface area contributed by atoms with Gasteiger partial charge in [-0.25, -0.2) is 0 Å². The molecule has 2 amide bonds. The summed E-state index contributed by atoms with van der Waals surface area (Å²) in [6.07, 6.45) is 0. The summed E-state index contributed by atoms with van der Waals surface area (Å²) in [5.41, 5.74) is 6.43. The summed E-state index contributed by atoms with van der Waals surface area (Å²) in [4.78, 5) is 23.0. The summed E-state index contributed by atoms with van der Waals surface area (Å²) in [6, 6.07) is 4.69. The molecule has 104 valence electrons. The predicted molar refractivity (Wildman–Crippen MR) is 76.0 cm³/mol. The first-order chi connectivity index (χ1) is 8.91. The highest BCUT2D eigenvalue weighted by atomic mass is 35.5. The number of halogens is 1. The number of hydrogen-bond donors (Lipinski definition) is 3. The van der Waals surface area contributed by atoms with E-state index >= 15 is 0 Å². The molecule has 0 unspecified atom stereocenters. The van der Waals surface area contributed by atoms with Crippen LogP contribution < -0.4 is 16.4 Å². The number of nitrogens with two attached hydrogens (primary N) is 1.